The Hall–Kier alpha value is -0.220. The second-order valence-corrected chi connectivity index (χ2v) is 6.19. The van der Waals surface area contributed by atoms with E-state index in [9.17, 15) is 0 Å². The number of benzene rings is 1. The Bertz CT molecular complexity index is 397. The van der Waals surface area contributed by atoms with Crippen molar-refractivity contribution in [2.75, 3.05) is 6.61 Å². The number of ether oxygens (including phenoxy) is 1. The fraction of sp³-hybridized carbons (Fsp3) is 0.538. The van der Waals surface area contributed by atoms with Gasteiger partial charge >= 0.3 is 0 Å². The molecule has 0 bridgehead atoms. The standard InChI is InChI=1S/C13H18ClNOS/c1-8(15)10-3-4-13(11(14)7-10)17-12-5-6-16-9(12)2/h3-4,7-9,12H,5-6,15H2,1-2H3/t8-,9?,12?/m1/s1. The largest absolute Gasteiger partial charge is 0.377 e. The number of nitrogens with two attached hydrogens (primary N) is 1. The quantitative estimate of drug-likeness (QED) is 0.912. The second-order valence-electron chi connectivity index (χ2n) is 4.50. The topological polar surface area (TPSA) is 35.2 Å². The van der Waals surface area contributed by atoms with Crippen molar-refractivity contribution in [1.82, 2.24) is 0 Å². The van der Waals surface area contributed by atoms with E-state index in [4.69, 9.17) is 22.1 Å². The zero-order valence-electron chi connectivity index (χ0n) is 10.2. The number of hydrogen-bond acceptors (Lipinski definition) is 3. The molecule has 2 unspecified atom stereocenters. The van der Waals surface area contributed by atoms with Gasteiger partial charge in [0, 0.05) is 22.8 Å². The summed E-state index contributed by atoms with van der Waals surface area (Å²) in [4.78, 5) is 1.12. The minimum atomic E-state index is 0.0280. The summed E-state index contributed by atoms with van der Waals surface area (Å²) in [5.41, 5.74) is 6.91. The molecule has 1 aromatic carbocycles. The van der Waals surface area contributed by atoms with E-state index in [1.165, 1.54) is 0 Å². The van der Waals surface area contributed by atoms with E-state index in [-0.39, 0.29) is 6.04 Å². The van der Waals surface area contributed by atoms with Gasteiger partial charge in [0.05, 0.1) is 11.1 Å². The monoisotopic (exact) mass is 271 g/mol. The van der Waals surface area contributed by atoms with Crippen LogP contribution in [0.2, 0.25) is 5.02 Å². The zero-order chi connectivity index (χ0) is 12.4. The van der Waals surface area contributed by atoms with Gasteiger partial charge in [0.25, 0.3) is 0 Å². The highest BCUT2D eigenvalue weighted by Crippen LogP contribution is 2.37. The lowest BCUT2D eigenvalue weighted by molar-refractivity contribution is 0.127. The van der Waals surface area contributed by atoms with Crippen LogP contribution in [0.25, 0.3) is 0 Å². The van der Waals surface area contributed by atoms with Gasteiger partial charge in [-0.15, -0.1) is 11.8 Å². The summed E-state index contributed by atoms with van der Waals surface area (Å²) in [6.07, 6.45) is 1.40. The number of halogens is 1. The molecule has 0 aromatic heterocycles. The summed E-state index contributed by atoms with van der Waals surface area (Å²) in [7, 11) is 0. The maximum atomic E-state index is 6.28. The summed E-state index contributed by atoms with van der Waals surface area (Å²) >= 11 is 8.09. The summed E-state index contributed by atoms with van der Waals surface area (Å²) in [6, 6.07) is 6.12. The molecule has 2 rings (SSSR count). The average Bonchev–Trinajstić information content (AvgIpc) is 2.67. The van der Waals surface area contributed by atoms with Crippen molar-refractivity contribution in [3.05, 3.63) is 28.8 Å². The second kappa shape index (κ2) is 5.61. The lowest BCUT2D eigenvalue weighted by Gasteiger charge is -2.15. The van der Waals surface area contributed by atoms with Gasteiger partial charge in [-0.1, -0.05) is 17.7 Å². The van der Waals surface area contributed by atoms with Crippen molar-refractivity contribution < 1.29 is 4.74 Å². The molecule has 0 radical (unpaired) electrons. The molecule has 2 N–H and O–H groups in total. The lowest BCUT2D eigenvalue weighted by Crippen LogP contribution is -2.13. The molecule has 1 saturated heterocycles. The molecule has 0 saturated carbocycles. The Morgan fingerprint density at radius 3 is 2.82 bits per heavy atom. The van der Waals surface area contributed by atoms with Crippen LogP contribution in [0.1, 0.15) is 31.9 Å². The van der Waals surface area contributed by atoms with Gasteiger partial charge in [-0.05, 0) is 38.0 Å². The van der Waals surface area contributed by atoms with Crippen LogP contribution >= 0.6 is 23.4 Å². The van der Waals surface area contributed by atoms with Crippen LogP contribution in [-0.4, -0.2) is 18.0 Å². The Kier molecular flexibility index (Phi) is 4.36. The van der Waals surface area contributed by atoms with E-state index in [2.05, 4.69) is 19.1 Å². The third kappa shape index (κ3) is 3.16. The molecular formula is C13H18ClNOS. The third-order valence-electron chi connectivity index (χ3n) is 3.07. The van der Waals surface area contributed by atoms with Crippen molar-refractivity contribution >= 4 is 23.4 Å². The minimum Gasteiger partial charge on any atom is -0.377 e. The third-order valence-corrected chi connectivity index (χ3v) is 5.02. The van der Waals surface area contributed by atoms with Gasteiger partial charge in [-0.25, -0.2) is 0 Å². The summed E-state index contributed by atoms with van der Waals surface area (Å²) in [6.45, 7) is 4.94. The van der Waals surface area contributed by atoms with Crippen molar-refractivity contribution in [2.45, 2.75) is 42.6 Å². The van der Waals surface area contributed by atoms with Crippen LogP contribution in [0, 0.1) is 0 Å². The number of rotatable bonds is 3. The maximum absolute atomic E-state index is 6.28. The molecule has 2 nitrogen and oxygen atoms in total. The van der Waals surface area contributed by atoms with Crippen molar-refractivity contribution in [1.29, 1.82) is 0 Å². The smallest absolute Gasteiger partial charge is 0.0669 e. The number of hydrogen-bond donors (Lipinski definition) is 1. The number of thioether (sulfide) groups is 1. The van der Waals surface area contributed by atoms with E-state index >= 15 is 0 Å². The van der Waals surface area contributed by atoms with Crippen LogP contribution in [-0.2, 0) is 4.74 Å². The Labute approximate surface area is 112 Å². The Morgan fingerprint density at radius 1 is 1.53 bits per heavy atom. The van der Waals surface area contributed by atoms with Gasteiger partial charge in [-0.2, -0.15) is 0 Å². The van der Waals surface area contributed by atoms with Crippen LogP contribution in [0.5, 0.6) is 0 Å². The fourth-order valence-corrected chi connectivity index (χ4v) is 3.38. The Morgan fingerprint density at radius 2 is 2.29 bits per heavy atom. The maximum Gasteiger partial charge on any atom is 0.0669 e. The Balaban J connectivity index is 2.11. The average molecular weight is 272 g/mol. The summed E-state index contributed by atoms with van der Waals surface area (Å²) in [5, 5.41) is 1.30. The first kappa shape index (κ1) is 13.2. The first-order valence-electron chi connectivity index (χ1n) is 5.91. The molecule has 1 aromatic rings. The first-order chi connectivity index (χ1) is 8.08. The molecule has 0 spiro atoms. The van der Waals surface area contributed by atoms with Crippen LogP contribution in [0.4, 0.5) is 0 Å². The molecule has 0 aliphatic carbocycles. The van der Waals surface area contributed by atoms with Crippen LogP contribution in [0.3, 0.4) is 0 Å². The van der Waals surface area contributed by atoms with Gasteiger partial charge in [0.2, 0.25) is 0 Å². The predicted molar refractivity (Wildman–Crippen MR) is 73.7 cm³/mol. The first-order valence-corrected chi connectivity index (χ1v) is 7.17. The highest BCUT2D eigenvalue weighted by Gasteiger charge is 2.25. The highest BCUT2D eigenvalue weighted by atomic mass is 35.5. The van der Waals surface area contributed by atoms with E-state index in [1.54, 1.807) is 0 Å². The van der Waals surface area contributed by atoms with Crippen molar-refractivity contribution in [3.8, 4) is 0 Å². The van der Waals surface area contributed by atoms with Crippen LogP contribution < -0.4 is 5.73 Å². The molecular weight excluding hydrogens is 254 g/mol. The van der Waals surface area contributed by atoms with E-state index < -0.39 is 0 Å². The molecule has 1 fully saturated rings. The molecule has 4 heteroatoms. The fourth-order valence-electron chi connectivity index (χ4n) is 1.93. The summed E-state index contributed by atoms with van der Waals surface area (Å²) in [5.74, 6) is 0. The van der Waals surface area contributed by atoms with E-state index in [1.807, 2.05) is 24.8 Å². The zero-order valence-corrected chi connectivity index (χ0v) is 11.7. The predicted octanol–water partition coefficient (Wildman–Crippen LogP) is 3.63. The molecule has 1 aliphatic rings. The normalized spacial score (nSPS) is 26.1. The summed E-state index contributed by atoms with van der Waals surface area (Å²) < 4.78 is 5.56. The SMILES string of the molecule is CC1OCCC1Sc1ccc([C@@H](C)N)cc1Cl. The minimum absolute atomic E-state index is 0.0280. The molecule has 0 amide bonds. The van der Waals surface area contributed by atoms with Gasteiger partial charge < -0.3 is 10.5 Å². The van der Waals surface area contributed by atoms with Crippen molar-refractivity contribution in [3.63, 3.8) is 0 Å². The molecule has 94 valence electrons. The lowest BCUT2D eigenvalue weighted by atomic mass is 10.1. The molecule has 1 heterocycles. The molecule has 3 atom stereocenters. The van der Waals surface area contributed by atoms with Crippen LogP contribution in [0.15, 0.2) is 23.1 Å². The van der Waals surface area contributed by atoms with Gasteiger partial charge in [0.15, 0.2) is 0 Å². The van der Waals surface area contributed by atoms with E-state index in [0.29, 0.717) is 11.4 Å². The molecule has 1 aliphatic heterocycles. The van der Waals surface area contributed by atoms with Crippen molar-refractivity contribution in [2.24, 2.45) is 5.73 Å². The van der Waals surface area contributed by atoms with E-state index in [0.717, 1.165) is 28.5 Å². The highest BCUT2D eigenvalue weighted by molar-refractivity contribution is 8.00. The molecule has 17 heavy (non-hydrogen) atoms. The van der Waals surface area contributed by atoms with Gasteiger partial charge in [0.1, 0.15) is 0 Å². The van der Waals surface area contributed by atoms with Gasteiger partial charge in [-0.3, -0.25) is 0 Å².